The number of nitrogens with one attached hydrogen (secondary N) is 2. The third kappa shape index (κ3) is 4.75. The molecule has 154 valence electrons. The Hall–Kier alpha value is -3.87. The van der Waals surface area contributed by atoms with Crippen molar-refractivity contribution in [2.45, 2.75) is 13.8 Å². The largest absolute Gasteiger partial charge is 0.497 e. The highest BCUT2D eigenvalue weighted by Crippen LogP contribution is 2.21. The maximum Gasteiger partial charge on any atom is 0.257 e. The van der Waals surface area contributed by atoms with Crippen LogP contribution in [0.5, 0.6) is 5.75 Å². The summed E-state index contributed by atoms with van der Waals surface area (Å²) in [4.78, 5) is 25.2. The molecule has 7 heteroatoms. The fraction of sp³-hybridized carbons (Fsp3) is 0.174. The number of hydrogen-bond acceptors (Lipinski definition) is 4. The average molecular weight is 404 g/mol. The summed E-state index contributed by atoms with van der Waals surface area (Å²) in [6, 6.07) is 13.9. The number of anilines is 2. The molecule has 3 aromatic rings. The molecule has 0 unspecified atom stereocenters. The first-order chi connectivity index (χ1) is 14.4. The van der Waals surface area contributed by atoms with E-state index in [9.17, 15) is 9.59 Å². The number of ether oxygens (including phenoxy) is 1. The number of para-hydroxylation sites is 1. The van der Waals surface area contributed by atoms with Crippen molar-refractivity contribution in [3.05, 3.63) is 77.1 Å². The Morgan fingerprint density at radius 2 is 1.83 bits per heavy atom. The Bertz CT molecular complexity index is 1120. The van der Waals surface area contributed by atoms with Gasteiger partial charge in [-0.25, -0.2) is 0 Å². The van der Waals surface area contributed by atoms with Gasteiger partial charge in [-0.3, -0.25) is 14.3 Å². The third-order valence-electron chi connectivity index (χ3n) is 4.72. The number of benzene rings is 2. The second-order valence-corrected chi connectivity index (χ2v) is 6.76. The van der Waals surface area contributed by atoms with Crippen molar-refractivity contribution in [1.29, 1.82) is 0 Å². The van der Waals surface area contributed by atoms with E-state index in [1.54, 1.807) is 66.4 Å². The van der Waals surface area contributed by atoms with Gasteiger partial charge in [0, 0.05) is 36.1 Å². The topological polar surface area (TPSA) is 85.2 Å². The van der Waals surface area contributed by atoms with Crippen molar-refractivity contribution in [3.63, 3.8) is 0 Å². The molecule has 0 atom stereocenters. The van der Waals surface area contributed by atoms with Crippen LogP contribution in [0.25, 0.3) is 6.08 Å². The zero-order valence-corrected chi connectivity index (χ0v) is 17.4. The van der Waals surface area contributed by atoms with Crippen molar-refractivity contribution in [1.82, 2.24) is 9.78 Å². The predicted molar refractivity (Wildman–Crippen MR) is 118 cm³/mol. The number of carbonyl (C=O) groups excluding carboxylic acids is 2. The number of rotatable bonds is 6. The van der Waals surface area contributed by atoms with E-state index in [2.05, 4.69) is 15.7 Å². The van der Waals surface area contributed by atoms with Gasteiger partial charge in [0.05, 0.1) is 24.1 Å². The number of methoxy groups -OCH3 is 1. The number of amides is 2. The quantitative estimate of drug-likeness (QED) is 0.609. The molecule has 3 rings (SSSR count). The van der Waals surface area contributed by atoms with E-state index in [1.165, 1.54) is 6.08 Å². The van der Waals surface area contributed by atoms with E-state index in [0.29, 0.717) is 22.7 Å². The van der Waals surface area contributed by atoms with Gasteiger partial charge in [-0.05, 0) is 44.2 Å². The van der Waals surface area contributed by atoms with Crippen LogP contribution in [-0.2, 0) is 11.8 Å². The molecule has 0 saturated carbocycles. The number of aryl methyl sites for hydroxylation is 2. The summed E-state index contributed by atoms with van der Waals surface area (Å²) in [5.41, 5.74) is 4.09. The monoisotopic (exact) mass is 404 g/mol. The molecule has 0 fully saturated rings. The van der Waals surface area contributed by atoms with Gasteiger partial charge in [0.2, 0.25) is 5.91 Å². The van der Waals surface area contributed by atoms with Crippen molar-refractivity contribution in [3.8, 4) is 5.75 Å². The molecule has 0 aliphatic heterocycles. The van der Waals surface area contributed by atoms with Gasteiger partial charge in [0.1, 0.15) is 5.75 Å². The van der Waals surface area contributed by atoms with E-state index in [0.717, 1.165) is 17.0 Å². The molecular weight excluding hydrogens is 380 g/mol. The Kier molecular flexibility index (Phi) is 6.32. The Labute approximate surface area is 175 Å². The fourth-order valence-corrected chi connectivity index (χ4v) is 3.05. The van der Waals surface area contributed by atoms with Crippen LogP contribution in [0, 0.1) is 13.8 Å². The second kappa shape index (κ2) is 9.09. The summed E-state index contributed by atoms with van der Waals surface area (Å²) < 4.78 is 6.95. The highest BCUT2D eigenvalue weighted by Gasteiger charge is 2.13. The maximum atomic E-state index is 12.8. The van der Waals surface area contributed by atoms with E-state index in [-0.39, 0.29) is 11.8 Å². The van der Waals surface area contributed by atoms with Crippen LogP contribution < -0.4 is 15.4 Å². The normalized spacial score (nSPS) is 10.8. The molecule has 0 saturated heterocycles. The molecule has 0 aliphatic carbocycles. The molecule has 1 heterocycles. The fourth-order valence-electron chi connectivity index (χ4n) is 3.05. The second-order valence-electron chi connectivity index (χ2n) is 6.76. The lowest BCUT2D eigenvalue weighted by Gasteiger charge is -2.11. The molecule has 2 N–H and O–H groups in total. The molecule has 7 nitrogen and oxygen atoms in total. The number of hydrogen-bond donors (Lipinski definition) is 2. The molecule has 2 aromatic carbocycles. The minimum atomic E-state index is -0.334. The van der Waals surface area contributed by atoms with Crippen LogP contribution in [0.2, 0.25) is 0 Å². The highest BCUT2D eigenvalue weighted by molar-refractivity contribution is 6.11. The number of nitrogens with zero attached hydrogens (tertiary/aromatic N) is 2. The third-order valence-corrected chi connectivity index (χ3v) is 4.72. The van der Waals surface area contributed by atoms with Gasteiger partial charge in [-0.2, -0.15) is 5.10 Å². The van der Waals surface area contributed by atoms with E-state index < -0.39 is 0 Å². The Morgan fingerprint density at radius 3 is 2.53 bits per heavy atom. The number of aromatic nitrogens is 2. The molecule has 0 bridgehead atoms. The van der Waals surface area contributed by atoms with Crippen LogP contribution in [0.3, 0.4) is 0 Å². The van der Waals surface area contributed by atoms with Crippen LogP contribution in [0.4, 0.5) is 11.4 Å². The molecule has 1 aromatic heterocycles. The molecule has 0 radical (unpaired) electrons. The van der Waals surface area contributed by atoms with Gasteiger partial charge >= 0.3 is 0 Å². The van der Waals surface area contributed by atoms with Gasteiger partial charge in [-0.1, -0.05) is 18.2 Å². The minimum absolute atomic E-state index is 0.331. The summed E-state index contributed by atoms with van der Waals surface area (Å²) in [6.07, 6.45) is 3.17. The summed E-state index contributed by atoms with van der Waals surface area (Å²) in [6.45, 7) is 3.83. The van der Waals surface area contributed by atoms with Crippen molar-refractivity contribution in [2.24, 2.45) is 7.05 Å². The highest BCUT2D eigenvalue weighted by atomic mass is 16.5. The molecule has 0 spiro atoms. The number of carbonyl (C=O) groups is 2. The average Bonchev–Trinajstić information content (AvgIpc) is 2.98. The molecule has 2 amide bonds. The van der Waals surface area contributed by atoms with Crippen molar-refractivity contribution in [2.75, 3.05) is 17.7 Å². The van der Waals surface area contributed by atoms with Crippen LogP contribution in [0.15, 0.2) is 54.6 Å². The summed E-state index contributed by atoms with van der Waals surface area (Å²) in [7, 11) is 3.42. The molecule has 30 heavy (non-hydrogen) atoms. The van der Waals surface area contributed by atoms with Crippen molar-refractivity contribution < 1.29 is 14.3 Å². The molecular formula is C23H24N4O3. The van der Waals surface area contributed by atoms with Gasteiger partial charge in [0.25, 0.3) is 5.91 Å². The first kappa shape index (κ1) is 20.9. The lowest BCUT2D eigenvalue weighted by atomic mass is 10.1. The lowest BCUT2D eigenvalue weighted by Crippen LogP contribution is -2.17. The van der Waals surface area contributed by atoms with E-state index in [4.69, 9.17) is 4.74 Å². The van der Waals surface area contributed by atoms with E-state index in [1.807, 2.05) is 20.9 Å². The minimum Gasteiger partial charge on any atom is -0.497 e. The summed E-state index contributed by atoms with van der Waals surface area (Å²) in [5, 5.41) is 9.93. The summed E-state index contributed by atoms with van der Waals surface area (Å²) >= 11 is 0. The van der Waals surface area contributed by atoms with Gasteiger partial charge in [0.15, 0.2) is 0 Å². The van der Waals surface area contributed by atoms with Gasteiger partial charge < -0.3 is 15.4 Å². The zero-order chi connectivity index (χ0) is 21.7. The lowest BCUT2D eigenvalue weighted by molar-refractivity contribution is -0.111. The molecule has 0 aliphatic rings. The Morgan fingerprint density at radius 1 is 1.07 bits per heavy atom. The van der Waals surface area contributed by atoms with Crippen LogP contribution >= 0.6 is 0 Å². The van der Waals surface area contributed by atoms with Crippen LogP contribution in [0.1, 0.15) is 27.3 Å². The van der Waals surface area contributed by atoms with Gasteiger partial charge in [-0.15, -0.1) is 0 Å². The summed E-state index contributed by atoms with van der Waals surface area (Å²) in [5.74, 6) is -0.0260. The first-order valence-corrected chi connectivity index (χ1v) is 9.42. The zero-order valence-electron chi connectivity index (χ0n) is 17.4. The predicted octanol–water partition coefficient (Wildman–Crippen LogP) is 3.95. The van der Waals surface area contributed by atoms with E-state index >= 15 is 0 Å². The maximum absolute atomic E-state index is 12.8. The van der Waals surface area contributed by atoms with Crippen LogP contribution in [-0.4, -0.2) is 28.7 Å². The SMILES string of the molecule is COc1cccc(NC(=O)c2ccccc2NC(=O)/C=C/c2c(C)nn(C)c2C)c1. The smallest absolute Gasteiger partial charge is 0.257 e. The standard InChI is InChI=1S/C23H24N4O3/c1-15-19(16(2)27(3)26-15)12-13-22(28)25-21-11-6-5-10-20(21)23(29)24-17-8-7-9-18(14-17)30-4/h5-14H,1-4H3,(H,24,29)(H,25,28)/b13-12+. The Balaban J connectivity index is 1.75. The first-order valence-electron chi connectivity index (χ1n) is 9.42. The van der Waals surface area contributed by atoms with Crippen molar-refractivity contribution >= 4 is 29.3 Å².